The summed E-state index contributed by atoms with van der Waals surface area (Å²) in [7, 11) is 3.97. The molecule has 1 N–H and O–H groups in total. The van der Waals surface area contributed by atoms with E-state index in [-0.39, 0.29) is 5.91 Å². The quantitative estimate of drug-likeness (QED) is 0.852. The molecule has 4 heteroatoms. The lowest BCUT2D eigenvalue weighted by Crippen LogP contribution is -2.34. The van der Waals surface area contributed by atoms with Crippen molar-refractivity contribution in [2.75, 3.05) is 45.2 Å². The molecule has 4 nitrogen and oxygen atoms in total. The minimum atomic E-state index is 0.141. The number of rotatable bonds is 2. The standard InChI is InChI=1S/C14H21N3O/c1-16(2)13-6-3-5-12(11-13)14(18)17-9-4-7-15-8-10-17/h3,5-6,11,15H,4,7-10H2,1-2H3. The van der Waals surface area contributed by atoms with Crippen molar-refractivity contribution in [2.45, 2.75) is 6.42 Å². The average molecular weight is 247 g/mol. The van der Waals surface area contributed by atoms with Crippen LogP contribution in [0, 0.1) is 0 Å². The van der Waals surface area contributed by atoms with Crippen molar-refractivity contribution in [1.82, 2.24) is 10.2 Å². The smallest absolute Gasteiger partial charge is 0.253 e. The minimum Gasteiger partial charge on any atom is -0.378 e. The van der Waals surface area contributed by atoms with Crippen molar-refractivity contribution in [3.05, 3.63) is 29.8 Å². The summed E-state index contributed by atoms with van der Waals surface area (Å²) in [6, 6.07) is 7.81. The number of anilines is 1. The maximum absolute atomic E-state index is 12.4. The minimum absolute atomic E-state index is 0.141. The normalized spacial score (nSPS) is 16.2. The van der Waals surface area contributed by atoms with E-state index in [2.05, 4.69) is 5.32 Å². The molecule has 0 aliphatic carbocycles. The Morgan fingerprint density at radius 2 is 2.11 bits per heavy atom. The van der Waals surface area contributed by atoms with Crippen molar-refractivity contribution >= 4 is 11.6 Å². The first-order valence-electron chi connectivity index (χ1n) is 6.46. The average Bonchev–Trinajstić information content (AvgIpc) is 2.67. The van der Waals surface area contributed by atoms with Gasteiger partial charge in [0.05, 0.1) is 0 Å². The van der Waals surface area contributed by atoms with Gasteiger partial charge in [0.2, 0.25) is 0 Å². The van der Waals surface area contributed by atoms with Crippen LogP contribution in [-0.4, -0.2) is 51.1 Å². The first-order valence-corrected chi connectivity index (χ1v) is 6.46. The molecule has 1 amide bonds. The van der Waals surface area contributed by atoms with Crippen LogP contribution in [0.3, 0.4) is 0 Å². The number of carbonyl (C=O) groups is 1. The fourth-order valence-electron chi connectivity index (χ4n) is 2.15. The van der Waals surface area contributed by atoms with E-state index in [0.717, 1.165) is 43.9 Å². The zero-order valence-corrected chi connectivity index (χ0v) is 11.1. The third kappa shape index (κ3) is 3.01. The van der Waals surface area contributed by atoms with Gasteiger partial charge in [-0.05, 0) is 31.2 Å². The molecular formula is C14H21N3O. The Morgan fingerprint density at radius 3 is 2.89 bits per heavy atom. The van der Waals surface area contributed by atoms with Crippen molar-refractivity contribution in [1.29, 1.82) is 0 Å². The van der Waals surface area contributed by atoms with Gasteiger partial charge < -0.3 is 15.1 Å². The summed E-state index contributed by atoms with van der Waals surface area (Å²) in [5.74, 6) is 0.141. The topological polar surface area (TPSA) is 35.6 Å². The molecule has 1 fully saturated rings. The highest BCUT2D eigenvalue weighted by molar-refractivity contribution is 5.95. The molecule has 1 aliphatic rings. The molecule has 0 aromatic heterocycles. The van der Waals surface area contributed by atoms with Gasteiger partial charge >= 0.3 is 0 Å². The number of amides is 1. The molecular weight excluding hydrogens is 226 g/mol. The van der Waals surface area contributed by atoms with Crippen LogP contribution in [0.15, 0.2) is 24.3 Å². The van der Waals surface area contributed by atoms with Gasteiger partial charge in [0.15, 0.2) is 0 Å². The summed E-state index contributed by atoms with van der Waals surface area (Å²) >= 11 is 0. The molecule has 0 atom stereocenters. The number of nitrogens with one attached hydrogen (secondary N) is 1. The maximum Gasteiger partial charge on any atom is 0.253 e. The summed E-state index contributed by atoms with van der Waals surface area (Å²) in [5.41, 5.74) is 1.84. The molecule has 0 radical (unpaired) electrons. The van der Waals surface area contributed by atoms with Gasteiger partial charge in [-0.2, -0.15) is 0 Å². The zero-order valence-electron chi connectivity index (χ0n) is 11.1. The lowest BCUT2D eigenvalue weighted by molar-refractivity contribution is 0.0766. The third-order valence-corrected chi connectivity index (χ3v) is 3.24. The van der Waals surface area contributed by atoms with Gasteiger partial charge in [-0.25, -0.2) is 0 Å². The molecule has 1 heterocycles. The third-order valence-electron chi connectivity index (χ3n) is 3.24. The van der Waals surface area contributed by atoms with Crippen LogP contribution < -0.4 is 10.2 Å². The van der Waals surface area contributed by atoms with Crippen molar-refractivity contribution in [3.8, 4) is 0 Å². The molecule has 18 heavy (non-hydrogen) atoms. The predicted molar refractivity (Wildman–Crippen MR) is 74.2 cm³/mol. The van der Waals surface area contributed by atoms with E-state index in [4.69, 9.17) is 0 Å². The van der Waals surface area contributed by atoms with E-state index in [0.29, 0.717) is 0 Å². The highest BCUT2D eigenvalue weighted by Gasteiger charge is 2.17. The van der Waals surface area contributed by atoms with Crippen LogP contribution in [0.25, 0.3) is 0 Å². The van der Waals surface area contributed by atoms with Gasteiger partial charge in [0.25, 0.3) is 5.91 Å². The van der Waals surface area contributed by atoms with Gasteiger partial charge in [-0.1, -0.05) is 6.07 Å². The first kappa shape index (κ1) is 12.9. The van der Waals surface area contributed by atoms with Crippen molar-refractivity contribution in [3.63, 3.8) is 0 Å². The summed E-state index contributed by atoms with van der Waals surface area (Å²) in [6.45, 7) is 3.53. The molecule has 1 aliphatic heterocycles. The Morgan fingerprint density at radius 1 is 1.28 bits per heavy atom. The van der Waals surface area contributed by atoms with E-state index in [9.17, 15) is 4.79 Å². The number of nitrogens with zero attached hydrogens (tertiary/aromatic N) is 2. The van der Waals surface area contributed by atoms with E-state index >= 15 is 0 Å². The second-order valence-electron chi connectivity index (χ2n) is 4.84. The van der Waals surface area contributed by atoms with Crippen LogP contribution in [0.2, 0.25) is 0 Å². The van der Waals surface area contributed by atoms with Crippen LogP contribution in [0.1, 0.15) is 16.8 Å². The SMILES string of the molecule is CN(C)c1cccc(C(=O)N2CCCNCC2)c1. The predicted octanol–water partition coefficient (Wildman–Crippen LogP) is 1.19. The second-order valence-corrected chi connectivity index (χ2v) is 4.84. The van der Waals surface area contributed by atoms with Gasteiger partial charge in [0, 0.05) is 45.0 Å². The van der Waals surface area contributed by atoms with Crippen LogP contribution in [0.4, 0.5) is 5.69 Å². The number of benzene rings is 1. The Hall–Kier alpha value is -1.55. The Kier molecular flexibility index (Phi) is 4.20. The highest BCUT2D eigenvalue weighted by Crippen LogP contribution is 2.15. The molecule has 1 aromatic carbocycles. The van der Waals surface area contributed by atoms with Crippen molar-refractivity contribution < 1.29 is 4.79 Å². The highest BCUT2D eigenvalue weighted by atomic mass is 16.2. The maximum atomic E-state index is 12.4. The Balaban J connectivity index is 2.14. The lowest BCUT2D eigenvalue weighted by atomic mass is 10.1. The lowest BCUT2D eigenvalue weighted by Gasteiger charge is -2.21. The second kappa shape index (κ2) is 5.87. The van der Waals surface area contributed by atoms with Gasteiger partial charge in [0.1, 0.15) is 0 Å². The van der Waals surface area contributed by atoms with Crippen LogP contribution >= 0.6 is 0 Å². The molecule has 0 bridgehead atoms. The van der Waals surface area contributed by atoms with E-state index in [1.807, 2.05) is 48.2 Å². The molecule has 0 spiro atoms. The molecule has 0 unspecified atom stereocenters. The Bertz CT molecular complexity index is 409. The number of hydrogen-bond donors (Lipinski definition) is 1. The fourth-order valence-corrected chi connectivity index (χ4v) is 2.15. The molecule has 2 rings (SSSR count). The summed E-state index contributed by atoms with van der Waals surface area (Å²) in [5, 5.41) is 3.31. The zero-order chi connectivity index (χ0) is 13.0. The van der Waals surface area contributed by atoms with E-state index < -0.39 is 0 Å². The Labute approximate surface area is 109 Å². The monoisotopic (exact) mass is 247 g/mol. The summed E-state index contributed by atoms with van der Waals surface area (Å²) in [4.78, 5) is 16.4. The van der Waals surface area contributed by atoms with Gasteiger partial charge in [-0.3, -0.25) is 4.79 Å². The van der Waals surface area contributed by atoms with Gasteiger partial charge in [-0.15, -0.1) is 0 Å². The number of hydrogen-bond acceptors (Lipinski definition) is 3. The van der Waals surface area contributed by atoms with E-state index in [1.165, 1.54) is 0 Å². The summed E-state index contributed by atoms with van der Waals surface area (Å²) in [6.07, 6.45) is 1.03. The molecule has 1 aromatic rings. The number of carbonyl (C=O) groups excluding carboxylic acids is 1. The molecule has 1 saturated heterocycles. The fraction of sp³-hybridized carbons (Fsp3) is 0.500. The van der Waals surface area contributed by atoms with E-state index in [1.54, 1.807) is 0 Å². The molecule has 98 valence electrons. The van der Waals surface area contributed by atoms with Crippen molar-refractivity contribution in [2.24, 2.45) is 0 Å². The summed E-state index contributed by atoms with van der Waals surface area (Å²) < 4.78 is 0. The molecule has 0 saturated carbocycles. The van der Waals surface area contributed by atoms with Crippen LogP contribution in [0.5, 0.6) is 0 Å². The first-order chi connectivity index (χ1) is 8.68. The largest absolute Gasteiger partial charge is 0.378 e. The van der Waals surface area contributed by atoms with Crippen LogP contribution in [-0.2, 0) is 0 Å².